The van der Waals surface area contributed by atoms with Crippen molar-refractivity contribution in [3.05, 3.63) is 46.5 Å². The predicted molar refractivity (Wildman–Crippen MR) is 77.5 cm³/mol. The van der Waals surface area contributed by atoms with Crippen molar-refractivity contribution >= 4 is 22.5 Å². The number of anilines is 1. The highest BCUT2D eigenvalue weighted by atomic mass is 16.6. The molecule has 2 aromatic heterocycles. The van der Waals surface area contributed by atoms with E-state index in [-0.39, 0.29) is 5.69 Å². The van der Waals surface area contributed by atoms with Crippen LogP contribution in [0.1, 0.15) is 6.92 Å². The topological polar surface area (TPSA) is 98.8 Å². The summed E-state index contributed by atoms with van der Waals surface area (Å²) in [5.41, 5.74) is 1.40. The lowest BCUT2D eigenvalue weighted by atomic mass is 10.3. The molecule has 0 amide bonds. The highest BCUT2D eigenvalue weighted by Crippen LogP contribution is 2.22. The zero-order chi connectivity index (χ0) is 14.8. The summed E-state index contributed by atoms with van der Waals surface area (Å²) in [4.78, 5) is 14.9. The first kappa shape index (κ1) is 13.0. The number of para-hydroxylation sites is 1. The lowest BCUT2D eigenvalue weighted by Gasteiger charge is -2.06. The molecule has 8 nitrogen and oxygen atoms in total. The minimum absolute atomic E-state index is 0.0458. The Bertz CT molecular complexity index is 813. The van der Waals surface area contributed by atoms with Crippen molar-refractivity contribution in [1.29, 1.82) is 0 Å². The predicted octanol–water partition coefficient (Wildman–Crippen LogP) is 2.16. The Labute approximate surface area is 119 Å². The van der Waals surface area contributed by atoms with Crippen molar-refractivity contribution in [1.82, 2.24) is 20.0 Å². The van der Waals surface area contributed by atoms with Gasteiger partial charge in [0.05, 0.1) is 22.6 Å². The first-order valence-electron chi connectivity index (χ1n) is 6.40. The summed E-state index contributed by atoms with van der Waals surface area (Å²) in [6.45, 7) is 2.51. The molecule has 0 saturated heterocycles. The fourth-order valence-electron chi connectivity index (χ4n) is 2.03. The lowest BCUT2D eigenvalue weighted by Crippen LogP contribution is -2.06. The standard InChI is InChI=1S/C13H12N6O2/c1-2-14-12-7-9(19(20)21)8-13(15-12)18-11-6-4-3-5-10(11)16-17-18/h3-8H,2H2,1H3,(H,14,15). The second-order valence-corrected chi connectivity index (χ2v) is 4.35. The van der Waals surface area contributed by atoms with Crippen LogP contribution >= 0.6 is 0 Å². The quantitative estimate of drug-likeness (QED) is 0.582. The molecule has 0 saturated carbocycles. The van der Waals surface area contributed by atoms with Gasteiger partial charge >= 0.3 is 0 Å². The highest BCUT2D eigenvalue weighted by molar-refractivity contribution is 5.75. The van der Waals surface area contributed by atoms with Crippen LogP contribution in [0.2, 0.25) is 0 Å². The smallest absolute Gasteiger partial charge is 0.276 e. The van der Waals surface area contributed by atoms with Crippen LogP contribution in [0.15, 0.2) is 36.4 Å². The Hall–Kier alpha value is -3.03. The zero-order valence-electron chi connectivity index (χ0n) is 11.2. The molecule has 8 heteroatoms. The van der Waals surface area contributed by atoms with Gasteiger partial charge in [-0.3, -0.25) is 10.1 Å². The summed E-state index contributed by atoms with van der Waals surface area (Å²) in [5.74, 6) is 0.787. The average molecular weight is 284 g/mol. The maximum Gasteiger partial charge on any atom is 0.276 e. The van der Waals surface area contributed by atoms with Crippen LogP contribution in [0.4, 0.5) is 11.5 Å². The van der Waals surface area contributed by atoms with E-state index < -0.39 is 4.92 Å². The molecular weight excluding hydrogens is 272 g/mol. The van der Waals surface area contributed by atoms with Gasteiger partial charge in [-0.05, 0) is 19.1 Å². The SMILES string of the molecule is CCNc1cc([N+](=O)[O-])cc(-n2nnc3ccccc32)n1. The summed E-state index contributed by atoms with van der Waals surface area (Å²) in [7, 11) is 0. The Morgan fingerprint density at radius 3 is 2.90 bits per heavy atom. The maximum absolute atomic E-state index is 11.0. The second kappa shape index (κ2) is 5.16. The number of hydrogen-bond donors (Lipinski definition) is 1. The molecule has 2 heterocycles. The minimum Gasteiger partial charge on any atom is -0.370 e. The summed E-state index contributed by atoms with van der Waals surface area (Å²) < 4.78 is 1.49. The maximum atomic E-state index is 11.0. The van der Waals surface area contributed by atoms with Gasteiger partial charge in [-0.1, -0.05) is 17.3 Å². The molecular formula is C13H12N6O2. The van der Waals surface area contributed by atoms with Gasteiger partial charge in [0.2, 0.25) is 0 Å². The van der Waals surface area contributed by atoms with Crippen molar-refractivity contribution in [2.45, 2.75) is 6.92 Å². The van der Waals surface area contributed by atoms with Crippen LogP contribution in [0.25, 0.3) is 16.9 Å². The Balaban J connectivity index is 2.18. The van der Waals surface area contributed by atoms with Crippen molar-refractivity contribution < 1.29 is 4.92 Å². The van der Waals surface area contributed by atoms with Crippen LogP contribution in [0, 0.1) is 10.1 Å². The van der Waals surface area contributed by atoms with Gasteiger partial charge < -0.3 is 5.32 Å². The lowest BCUT2D eigenvalue weighted by molar-refractivity contribution is -0.384. The summed E-state index contributed by atoms with van der Waals surface area (Å²) in [5, 5.41) is 22.1. The zero-order valence-corrected chi connectivity index (χ0v) is 11.2. The van der Waals surface area contributed by atoms with Gasteiger partial charge in [-0.2, -0.15) is 4.68 Å². The number of hydrogen-bond acceptors (Lipinski definition) is 6. The van der Waals surface area contributed by atoms with E-state index in [2.05, 4.69) is 20.6 Å². The first-order valence-corrected chi connectivity index (χ1v) is 6.40. The van der Waals surface area contributed by atoms with E-state index in [0.717, 1.165) is 5.52 Å². The molecule has 1 N–H and O–H groups in total. The van der Waals surface area contributed by atoms with E-state index in [1.807, 2.05) is 31.2 Å². The van der Waals surface area contributed by atoms with E-state index in [1.165, 1.54) is 16.8 Å². The molecule has 0 bridgehead atoms. The Kier molecular flexibility index (Phi) is 3.19. The third-order valence-corrected chi connectivity index (χ3v) is 2.93. The van der Waals surface area contributed by atoms with Gasteiger partial charge in [0.1, 0.15) is 11.3 Å². The molecule has 0 fully saturated rings. The minimum atomic E-state index is -0.453. The fourth-order valence-corrected chi connectivity index (χ4v) is 2.03. The van der Waals surface area contributed by atoms with E-state index in [0.29, 0.717) is 23.7 Å². The highest BCUT2D eigenvalue weighted by Gasteiger charge is 2.14. The van der Waals surface area contributed by atoms with E-state index in [9.17, 15) is 10.1 Å². The van der Waals surface area contributed by atoms with Crippen LogP contribution in [-0.4, -0.2) is 31.4 Å². The number of nitro groups is 1. The summed E-state index contributed by atoms with van der Waals surface area (Å²) in [6, 6.07) is 10.1. The number of nitrogens with zero attached hydrogens (tertiary/aromatic N) is 5. The van der Waals surface area contributed by atoms with Gasteiger partial charge in [0.15, 0.2) is 5.82 Å². The normalized spacial score (nSPS) is 10.7. The third-order valence-electron chi connectivity index (χ3n) is 2.93. The fraction of sp³-hybridized carbons (Fsp3) is 0.154. The van der Waals surface area contributed by atoms with Gasteiger partial charge in [0.25, 0.3) is 5.69 Å². The van der Waals surface area contributed by atoms with E-state index in [4.69, 9.17) is 0 Å². The molecule has 21 heavy (non-hydrogen) atoms. The van der Waals surface area contributed by atoms with Crippen molar-refractivity contribution in [3.8, 4) is 5.82 Å². The Morgan fingerprint density at radius 1 is 1.33 bits per heavy atom. The van der Waals surface area contributed by atoms with Gasteiger partial charge in [-0.25, -0.2) is 4.98 Å². The van der Waals surface area contributed by atoms with Crippen LogP contribution in [0.3, 0.4) is 0 Å². The molecule has 0 spiro atoms. The van der Waals surface area contributed by atoms with Gasteiger partial charge in [0, 0.05) is 6.54 Å². The summed E-state index contributed by atoms with van der Waals surface area (Å²) in [6.07, 6.45) is 0. The van der Waals surface area contributed by atoms with Crippen molar-refractivity contribution in [3.63, 3.8) is 0 Å². The molecule has 0 atom stereocenters. The van der Waals surface area contributed by atoms with Crippen LogP contribution in [-0.2, 0) is 0 Å². The monoisotopic (exact) mass is 284 g/mol. The number of pyridine rings is 1. The molecule has 0 aliphatic carbocycles. The first-order chi connectivity index (χ1) is 10.2. The third kappa shape index (κ3) is 2.38. The van der Waals surface area contributed by atoms with Crippen molar-refractivity contribution in [2.75, 3.05) is 11.9 Å². The summed E-state index contributed by atoms with van der Waals surface area (Å²) >= 11 is 0. The van der Waals surface area contributed by atoms with Crippen molar-refractivity contribution in [2.24, 2.45) is 0 Å². The molecule has 0 aliphatic rings. The van der Waals surface area contributed by atoms with E-state index in [1.54, 1.807) is 0 Å². The number of aromatic nitrogens is 4. The van der Waals surface area contributed by atoms with Gasteiger partial charge in [-0.15, -0.1) is 5.10 Å². The van der Waals surface area contributed by atoms with E-state index >= 15 is 0 Å². The number of benzene rings is 1. The molecule has 0 aliphatic heterocycles. The molecule has 0 radical (unpaired) electrons. The number of rotatable bonds is 4. The molecule has 106 valence electrons. The average Bonchev–Trinajstić information content (AvgIpc) is 2.91. The number of nitrogens with one attached hydrogen (secondary N) is 1. The Morgan fingerprint density at radius 2 is 2.14 bits per heavy atom. The molecule has 0 unspecified atom stereocenters. The van der Waals surface area contributed by atoms with Crippen LogP contribution in [0.5, 0.6) is 0 Å². The molecule has 3 aromatic rings. The molecule has 3 rings (SSSR count). The number of fused-ring (bicyclic) bond motifs is 1. The second-order valence-electron chi connectivity index (χ2n) is 4.35. The van der Waals surface area contributed by atoms with Crippen LogP contribution < -0.4 is 5.32 Å². The molecule has 1 aromatic carbocycles. The largest absolute Gasteiger partial charge is 0.370 e.